The average molecular weight is 267 g/mol. The van der Waals surface area contributed by atoms with Crippen molar-refractivity contribution in [3.8, 4) is 11.8 Å². The summed E-state index contributed by atoms with van der Waals surface area (Å²) in [6.45, 7) is 0.150. The molecule has 0 radical (unpaired) electrons. The summed E-state index contributed by atoms with van der Waals surface area (Å²) in [7, 11) is 1.28. The second-order valence-electron chi connectivity index (χ2n) is 4.04. The van der Waals surface area contributed by atoms with E-state index in [0.29, 0.717) is 12.8 Å². The standard InChI is InChI=1S/C13H17NO5/c1-18-13(17)10-19-8-3-2-7-14-11(9-15)5-4-6-12(14)16/h9,11H,4-8,10H2,1H3. The third-order valence-electron chi connectivity index (χ3n) is 2.76. The Bertz CT molecular complexity index is 396. The Morgan fingerprint density at radius 3 is 3.00 bits per heavy atom. The molecule has 1 aliphatic heterocycles. The number of likely N-dealkylation sites (tertiary alicyclic amines) is 1. The zero-order chi connectivity index (χ0) is 14.1. The molecule has 1 heterocycles. The average Bonchev–Trinajstić information content (AvgIpc) is 2.43. The molecular weight excluding hydrogens is 250 g/mol. The van der Waals surface area contributed by atoms with Gasteiger partial charge in [0, 0.05) is 6.42 Å². The van der Waals surface area contributed by atoms with E-state index < -0.39 is 5.97 Å². The first-order chi connectivity index (χ1) is 9.19. The van der Waals surface area contributed by atoms with E-state index in [1.165, 1.54) is 12.0 Å². The van der Waals surface area contributed by atoms with Gasteiger partial charge in [-0.05, 0) is 12.8 Å². The number of aldehydes is 1. The molecule has 1 atom stereocenters. The van der Waals surface area contributed by atoms with Gasteiger partial charge in [-0.3, -0.25) is 4.79 Å². The van der Waals surface area contributed by atoms with Crippen LogP contribution in [-0.2, 0) is 23.9 Å². The minimum atomic E-state index is -0.464. The smallest absolute Gasteiger partial charge is 0.331 e. The maximum Gasteiger partial charge on any atom is 0.331 e. The van der Waals surface area contributed by atoms with Crippen LogP contribution >= 0.6 is 0 Å². The van der Waals surface area contributed by atoms with E-state index in [0.717, 1.165) is 12.7 Å². The van der Waals surface area contributed by atoms with Gasteiger partial charge in [0.05, 0.1) is 19.7 Å². The van der Waals surface area contributed by atoms with Crippen molar-refractivity contribution < 1.29 is 23.9 Å². The maximum absolute atomic E-state index is 11.6. The van der Waals surface area contributed by atoms with Crippen molar-refractivity contribution in [2.24, 2.45) is 0 Å². The summed E-state index contributed by atoms with van der Waals surface area (Å²) >= 11 is 0. The van der Waals surface area contributed by atoms with E-state index in [1.54, 1.807) is 0 Å². The van der Waals surface area contributed by atoms with Crippen molar-refractivity contribution in [2.45, 2.75) is 25.3 Å². The van der Waals surface area contributed by atoms with Gasteiger partial charge in [-0.15, -0.1) is 0 Å². The summed E-state index contributed by atoms with van der Waals surface area (Å²) in [6.07, 6.45) is 2.68. The van der Waals surface area contributed by atoms with E-state index in [2.05, 4.69) is 16.6 Å². The van der Waals surface area contributed by atoms with Gasteiger partial charge in [0.1, 0.15) is 19.5 Å². The van der Waals surface area contributed by atoms with Crippen LogP contribution in [0.4, 0.5) is 0 Å². The highest BCUT2D eigenvalue weighted by atomic mass is 16.6. The highest BCUT2D eigenvalue weighted by molar-refractivity contribution is 5.81. The van der Waals surface area contributed by atoms with Gasteiger partial charge in [0.15, 0.2) is 0 Å². The third-order valence-corrected chi connectivity index (χ3v) is 2.76. The number of methoxy groups -OCH3 is 1. The van der Waals surface area contributed by atoms with Gasteiger partial charge in [-0.2, -0.15) is 0 Å². The van der Waals surface area contributed by atoms with Gasteiger partial charge in [-0.25, -0.2) is 4.79 Å². The number of ether oxygens (including phenoxy) is 2. The van der Waals surface area contributed by atoms with E-state index in [-0.39, 0.29) is 31.7 Å². The van der Waals surface area contributed by atoms with Gasteiger partial charge in [-0.1, -0.05) is 11.8 Å². The zero-order valence-corrected chi connectivity index (χ0v) is 10.9. The van der Waals surface area contributed by atoms with Gasteiger partial charge >= 0.3 is 5.97 Å². The Labute approximate surface area is 112 Å². The fourth-order valence-corrected chi connectivity index (χ4v) is 1.73. The van der Waals surface area contributed by atoms with Crippen molar-refractivity contribution in [1.82, 2.24) is 4.90 Å². The number of hydrogen-bond donors (Lipinski definition) is 0. The second-order valence-corrected chi connectivity index (χ2v) is 4.04. The van der Waals surface area contributed by atoms with Crippen LogP contribution in [0.15, 0.2) is 0 Å². The summed E-state index contributed by atoms with van der Waals surface area (Å²) in [5.74, 6) is 4.94. The lowest BCUT2D eigenvalue weighted by molar-refractivity contribution is -0.145. The highest BCUT2D eigenvalue weighted by Gasteiger charge is 2.26. The fraction of sp³-hybridized carbons (Fsp3) is 0.615. The Balaban J connectivity index is 2.32. The normalized spacial score (nSPS) is 18.5. The number of amides is 1. The van der Waals surface area contributed by atoms with Crippen LogP contribution in [0.25, 0.3) is 0 Å². The van der Waals surface area contributed by atoms with Crippen molar-refractivity contribution >= 4 is 18.2 Å². The first-order valence-corrected chi connectivity index (χ1v) is 6.04. The molecule has 6 nitrogen and oxygen atoms in total. The summed E-state index contributed by atoms with van der Waals surface area (Å²) in [5.41, 5.74) is 0. The number of hydrogen-bond acceptors (Lipinski definition) is 5. The second kappa shape index (κ2) is 8.27. The number of carbonyl (C=O) groups excluding carboxylic acids is 3. The highest BCUT2D eigenvalue weighted by Crippen LogP contribution is 2.15. The van der Waals surface area contributed by atoms with Gasteiger partial charge in [0.25, 0.3) is 0 Å². The van der Waals surface area contributed by atoms with E-state index in [1.807, 2.05) is 0 Å². The molecule has 1 saturated heterocycles. The topological polar surface area (TPSA) is 72.9 Å². The van der Waals surface area contributed by atoms with Gasteiger partial charge < -0.3 is 19.2 Å². The molecule has 19 heavy (non-hydrogen) atoms. The lowest BCUT2D eigenvalue weighted by atomic mass is 10.0. The lowest BCUT2D eigenvalue weighted by Crippen LogP contribution is -2.44. The van der Waals surface area contributed by atoms with E-state index >= 15 is 0 Å². The number of carbonyl (C=O) groups is 3. The molecule has 0 aliphatic carbocycles. The first kappa shape index (κ1) is 15.2. The molecule has 0 aromatic carbocycles. The molecule has 1 rings (SSSR count). The van der Waals surface area contributed by atoms with Crippen molar-refractivity contribution in [2.75, 3.05) is 26.9 Å². The van der Waals surface area contributed by atoms with Crippen molar-refractivity contribution in [3.05, 3.63) is 0 Å². The molecule has 6 heteroatoms. The number of nitrogens with zero attached hydrogens (tertiary/aromatic N) is 1. The maximum atomic E-state index is 11.6. The minimum absolute atomic E-state index is 0.0480. The Morgan fingerprint density at radius 1 is 1.53 bits per heavy atom. The molecule has 1 fully saturated rings. The van der Waals surface area contributed by atoms with Crippen molar-refractivity contribution in [3.63, 3.8) is 0 Å². The van der Waals surface area contributed by atoms with Crippen LogP contribution in [0, 0.1) is 11.8 Å². The largest absolute Gasteiger partial charge is 0.467 e. The number of piperidine rings is 1. The minimum Gasteiger partial charge on any atom is -0.467 e. The molecule has 0 spiro atoms. The number of esters is 1. The van der Waals surface area contributed by atoms with Crippen LogP contribution in [0.1, 0.15) is 19.3 Å². The summed E-state index contributed by atoms with van der Waals surface area (Å²) in [5, 5.41) is 0. The third kappa shape index (κ3) is 5.10. The summed E-state index contributed by atoms with van der Waals surface area (Å²) in [6, 6.07) is -0.369. The Hall–Kier alpha value is -1.87. The van der Waals surface area contributed by atoms with Gasteiger partial charge in [0.2, 0.25) is 5.91 Å². The molecule has 104 valence electrons. The predicted octanol–water partition coefficient (Wildman–Crippen LogP) is -0.241. The Kier molecular flexibility index (Phi) is 6.61. The fourth-order valence-electron chi connectivity index (χ4n) is 1.73. The van der Waals surface area contributed by atoms with Crippen LogP contribution in [0.5, 0.6) is 0 Å². The molecule has 1 aliphatic rings. The summed E-state index contributed by atoms with van der Waals surface area (Å²) in [4.78, 5) is 34.7. The first-order valence-electron chi connectivity index (χ1n) is 6.04. The van der Waals surface area contributed by atoms with Crippen LogP contribution in [0.2, 0.25) is 0 Å². The van der Waals surface area contributed by atoms with Crippen molar-refractivity contribution in [1.29, 1.82) is 0 Å². The van der Waals surface area contributed by atoms with E-state index in [4.69, 9.17) is 4.74 Å². The monoisotopic (exact) mass is 267 g/mol. The SMILES string of the molecule is COC(=O)COCC#CCN1C(=O)CCCC1C=O. The Morgan fingerprint density at radius 2 is 2.32 bits per heavy atom. The number of rotatable bonds is 5. The lowest BCUT2D eigenvalue weighted by Gasteiger charge is -2.30. The molecule has 0 bridgehead atoms. The van der Waals surface area contributed by atoms with E-state index in [9.17, 15) is 14.4 Å². The predicted molar refractivity (Wildman–Crippen MR) is 66.0 cm³/mol. The molecule has 0 aromatic heterocycles. The molecule has 1 unspecified atom stereocenters. The van der Waals surface area contributed by atoms with Crippen LogP contribution in [-0.4, -0.2) is 56.0 Å². The molecule has 1 amide bonds. The van der Waals surface area contributed by atoms with Crippen LogP contribution in [0.3, 0.4) is 0 Å². The molecule has 0 N–H and O–H groups in total. The zero-order valence-electron chi connectivity index (χ0n) is 10.9. The molecule has 0 aromatic rings. The summed E-state index contributed by atoms with van der Waals surface area (Å²) < 4.78 is 9.33. The quantitative estimate of drug-likeness (QED) is 0.297. The molecule has 0 saturated carbocycles. The van der Waals surface area contributed by atoms with Crippen LogP contribution < -0.4 is 0 Å². The molecular formula is C13H17NO5.